The third-order valence-electron chi connectivity index (χ3n) is 6.00. The van der Waals surface area contributed by atoms with Gasteiger partial charge in [0.15, 0.2) is 0 Å². The molecule has 4 N–H and O–H groups in total. The van der Waals surface area contributed by atoms with Gasteiger partial charge in [0, 0.05) is 24.8 Å². The van der Waals surface area contributed by atoms with Crippen LogP contribution in [-0.2, 0) is 16.0 Å². The van der Waals surface area contributed by atoms with Crippen LogP contribution in [-0.4, -0.2) is 44.2 Å². The number of piperidine rings is 1. The zero-order valence-electron chi connectivity index (χ0n) is 16.5. The molecular weight excluding hydrogens is 354 g/mol. The molecule has 1 radical (unpaired) electrons. The predicted octanol–water partition coefficient (Wildman–Crippen LogP) is 1.83. The fourth-order valence-corrected chi connectivity index (χ4v) is 4.34. The summed E-state index contributed by atoms with van der Waals surface area (Å²) in [5.41, 5.74) is 6.69. The van der Waals surface area contributed by atoms with Gasteiger partial charge in [-0.2, -0.15) is 0 Å². The van der Waals surface area contributed by atoms with E-state index in [1.807, 2.05) is 12.1 Å². The number of hydrogen-bond acceptors (Lipinski definition) is 4. The third-order valence-corrected chi connectivity index (χ3v) is 6.00. The Hall–Kier alpha value is -1.92. The van der Waals surface area contributed by atoms with Gasteiger partial charge in [-0.25, -0.2) is 0 Å². The smallest absolute Gasteiger partial charge is 0.248 e. The minimum absolute atomic E-state index is 0.0603. The molecular formula is C22H32N3O3. The van der Waals surface area contributed by atoms with Gasteiger partial charge in [-0.05, 0) is 75.1 Å². The highest BCUT2D eigenvalue weighted by Crippen LogP contribution is 2.27. The quantitative estimate of drug-likeness (QED) is 0.635. The average Bonchev–Trinajstić information content (AvgIpc) is 2.73. The molecule has 2 heterocycles. The summed E-state index contributed by atoms with van der Waals surface area (Å²) in [6.45, 7) is 3.68. The van der Waals surface area contributed by atoms with Crippen molar-refractivity contribution >= 4 is 11.8 Å². The number of nitrogens with one attached hydrogen (secondary N) is 2. The standard InChI is InChI=1S/C22H32N3O3/c23-22(27)19-4-2-1-3-17(19)5-6-21(26)25-20(18-7-11-24-12-8-18)15-16-9-13-28-14-10-16/h1-4,6,16,18,20,24H,5,7-15H2,(H2,23,27)(H,25,26)/t20-/m1/s1. The Bertz CT molecular complexity index is 652. The molecule has 28 heavy (non-hydrogen) atoms. The molecule has 0 bridgehead atoms. The highest BCUT2D eigenvalue weighted by atomic mass is 16.5. The van der Waals surface area contributed by atoms with Crippen LogP contribution in [0.5, 0.6) is 0 Å². The highest BCUT2D eigenvalue weighted by molar-refractivity contribution is 5.94. The second-order valence-electron chi connectivity index (χ2n) is 7.92. The van der Waals surface area contributed by atoms with Gasteiger partial charge in [0.05, 0.1) is 6.42 Å². The lowest BCUT2D eigenvalue weighted by Gasteiger charge is -2.34. The number of primary amides is 1. The van der Waals surface area contributed by atoms with E-state index < -0.39 is 5.91 Å². The van der Waals surface area contributed by atoms with E-state index in [1.54, 1.807) is 18.6 Å². The lowest BCUT2D eigenvalue weighted by Crippen LogP contribution is -2.46. The molecule has 2 aliphatic heterocycles. The van der Waals surface area contributed by atoms with Crippen molar-refractivity contribution in [3.63, 3.8) is 0 Å². The SMILES string of the molecule is NC(=O)c1ccccc1C[CH]C(=O)N[C@H](CC1CCOCC1)C1CCNCC1. The summed E-state index contributed by atoms with van der Waals surface area (Å²) in [4.78, 5) is 24.2. The van der Waals surface area contributed by atoms with Gasteiger partial charge in [-0.15, -0.1) is 0 Å². The van der Waals surface area contributed by atoms with Crippen molar-refractivity contribution < 1.29 is 14.3 Å². The van der Waals surface area contributed by atoms with Gasteiger partial charge in [0.25, 0.3) is 0 Å². The maximum absolute atomic E-state index is 12.7. The van der Waals surface area contributed by atoms with Gasteiger partial charge in [0.1, 0.15) is 0 Å². The molecule has 2 fully saturated rings. The number of nitrogens with two attached hydrogens (primary N) is 1. The predicted molar refractivity (Wildman–Crippen MR) is 109 cm³/mol. The molecule has 0 aromatic heterocycles. The Morgan fingerprint density at radius 3 is 2.61 bits per heavy atom. The maximum Gasteiger partial charge on any atom is 0.248 e. The first kappa shape index (κ1) is 20.8. The van der Waals surface area contributed by atoms with E-state index in [0.29, 0.717) is 23.8 Å². The van der Waals surface area contributed by atoms with Gasteiger partial charge in [0.2, 0.25) is 11.8 Å². The zero-order chi connectivity index (χ0) is 19.8. The fraction of sp³-hybridized carbons (Fsp3) is 0.591. The summed E-state index contributed by atoms with van der Waals surface area (Å²) in [6, 6.07) is 7.38. The van der Waals surface area contributed by atoms with E-state index in [4.69, 9.17) is 10.5 Å². The van der Waals surface area contributed by atoms with E-state index in [-0.39, 0.29) is 11.9 Å². The molecule has 0 spiro atoms. The van der Waals surface area contributed by atoms with Crippen LogP contribution in [0, 0.1) is 18.3 Å². The van der Waals surface area contributed by atoms with Crippen LogP contribution in [0.1, 0.15) is 48.0 Å². The number of carbonyl (C=O) groups excluding carboxylic acids is 2. The number of hydrogen-bond donors (Lipinski definition) is 3. The molecule has 1 aromatic carbocycles. The van der Waals surface area contributed by atoms with Crippen molar-refractivity contribution in [2.45, 2.75) is 44.6 Å². The topological polar surface area (TPSA) is 93.5 Å². The first-order chi connectivity index (χ1) is 13.6. The number of ether oxygens (including phenoxy) is 1. The van der Waals surface area contributed by atoms with Crippen molar-refractivity contribution in [1.29, 1.82) is 0 Å². The van der Waals surface area contributed by atoms with Crippen molar-refractivity contribution in [3.05, 3.63) is 41.8 Å². The molecule has 2 amide bonds. The van der Waals surface area contributed by atoms with Crippen LogP contribution >= 0.6 is 0 Å². The Kier molecular flexibility index (Phi) is 7.86. The molecule has 2 saturated heterocycles. The van der Waals surface area contributed by atoms with Crippen LogP contribution in [0.3, 0.4) is 0 Å². The summed E-state index contributed by atoms with van der Waals surface area (Å²) in [6.07, 6.45) is 7.41. The van der Waals surface area contributed by atoms with E-state index in [2.05, 4.69) is 10.6 Å². The first-order valence-electron chi connectivity index (χ1n) is 10.4. The lowest BCUT2D eigenvalue weighted by molar-refractivity contribution is -0.119. The van der Waals surface area contributed by atoms with Crippen molar-refractivity contribution in [1.82, 2.24) is 10.6 Å². The second-order valence-corrected chi connectivity index (χ2v) is 7.92. The lowest BCUT2D eigenvalue weighted by atomic mass is 9.82. The van der Waals surface area contributed by atoms with E-state index in [0.717, 1.165) is 64.0 Å². The van der Waals surface area contributed by atoms with Crippen molar-refractivity contribution in [3.8, 4) is 0 Å². The van der Waals surface area contributed by atoms with Crippen LogP contribution in [0.4, 0.5) is 0 Å². The van der Waals surface area contributed by atoms with Gasteiger partial charge >= 0.3 is 0 Å². The molecule has 0 aliphatic carbocycles. The third kappa shape index (κ3) is 6.04. The molecule has 3 rings (SSSR count). The number of amides is 2. The van der Waals surface area contributed by atoms with Gasteiger partial charge in [-0.1, -0.05) is 18.2 Å². The Morgan fingerprint density at radius 2 is 1.89 bits per heavy atom. The maximum atomic E-state index is 12.7. The van der Waals surface area contributed by atoms with E-state index in [1.165, 1.54) is 0 Å². The summed E-state index contributed by atoms with van der Waals surface area (Å²) in [7, 11) is 0. The first-order valence-corrected chi connectivity index (χ1v) is 10.4. The fourth-order valence-electron chi connectivity index (χ4n) is 4.34. The number of benzene rings is 1. The summed E-state index contributed by atoms with van der Waals surface area (Å²) in [5, 5.41) is 6.68. The second kappa shape index (κ2) is 10.6. The van der Waals surface area contributed by atoms with Crippen LogP contribution in [0.15, 0.2) is 24.3 Å². The molecule has 1 aromatic rings. The highest BCUT2D eigenvalue weighted by Gasteiger charge is 2.28. The molecule has 2 aliphatic rings. The normalized spacial score (nSPS) is 19.9. The van der Waals surface area contributed by atoms with Gasteiger partial charge < -0.3 is 21.1 Å². The van der Waals surface area contributed by atoms with Crippen LogP contribution in [0.2, 0.25) is 0 Å². The Labute approximate surface area is 167 Å². The molecule has 0 saturated carbocycles. The minimum atomic E-state index is -0.462. The minimum Gasteiger partial charge on any atom is -0.381 e. The summed E-state index contributed by atoms with van der Waals surface area (Å²) in [5.74, 6) is 0.607. The zero-order valence-corrected chi connectivity index (χ0v) is 16.5. The Balaban J connectivity index is 1.57. The van der Waals surface area contributed by atoms with E-state index in [9.17, 15) is 9.59 Å². The molecule has 1 atom stereocenters. The number of rotatable bonds is 8. The van der Waals surface area contributed by atoms with Crippen molar-refractivity contribution in [2.24, 2.45) is 17.6 Å². The van der Waals surface area contributed by atoms with E-state index >= 15 is 0 Å². The van der Waals surface area contributed by atoms with Gasteiger partial charge in [-0.3, -0.25) is 9.59 Å². The molecule has 153 valence electrons. The van der Waals surface area contributed by atoms with Crippen molar-refractivity contribution in [2.75, 3.05) is 26.3 Å². The molecule has 0 unspecified atom stereocenters. The number of carbonyl (C=O) groups is 2. The Morgan fingerprint density at radius 1 is 1.18 bits per heavy atom. The summed E-state index contributed by atoms with van der Waals surface area (Å²) < 4.78 is 5.48. The molecule has 6 heteroatoms. The largest absolute Gasteiger partial charge is 0.381 e. The monoisotopic (exact) mass is 386 g/mol. The molecule has 6 nitrogen and oxygen atoms in total. The van der Waals surface area contributed by atoms with Crippen LogP contribution in [0.25, 0.3) is 0 Å². The summed E-state index contributed by atoms with van der Waals surface area (Å²) >= 11 is 0. The van der Waals surface area contributed by atoms with Crippen LogP contribution < -0.4 is 16.4 Å². The average molecular weight is 387 g/mol.